The molecule has 0 aromatic carbocycles. The van der Waals surface area contributed by atoms with Crippen molar-refractivity contribution >= 4 is 0 Å². The standard InChI is InChI=1S/C17H28N2O/c1-4-10-20-15-11-14(12-19-13-15)17(18)7-5-6-16(2,3)8-9-17/h11-13H,4-10,18H2,1-3H3. The van der Waals surface area contributed by atoms with Crippen LogP contribution in [0.15, 0.2) is 18.5 Å². The quantitative estimate of drug-likeness (QED) is 0.845. The van der Waals surface area contributed by atoms with Gasteiger partial charge in [0.15, 0.2) is 0 Å². The molecular formula is C17H28N2O. The van der Waals surface area contributed by atoms with Gasteiger partial charge < -0.3 is 10.5 Å². The highest BCUT2D eigenvalue weighted by molar-refractivity contribution is 5.29. The summed E-state index contributed by atoms with van der Waals surface area (Å²) in [7, 11) is 0. The average Bonchev–Trinajstić information content (AvgIpc) is 2.57. The van der Waals surface area contributed by atoms with E-state index in [0.717, 1.165) is 37.2 Å². The molecule has 2 rings (SSSR count). The van der Waals surface area contributed by atoms with E-state index in [1.165, 1.54) is 19.3 Å². The van der Waals surface area contributed by atoms with Gasteiger partial charge in [0.05, 0.1) is 12.8 Å². The van der Waals surface area contributed by atoms with Crippen LogP contribution in [0.4, 0.5) is 0 Å². The highest BCUT2D eigenvalue weighted by atomic mass is 16.5. The Labute approximate surface area is 122 Å². The van der Waals surface area contributed by atoms with Gasteiger partial charge in [0.2, 0.25) is 0 Å². The van der Waals surface area contributed by atoms with Crippen LogP contribution in [0, 0.1) is 5.41 Å². The molecule has 1 aliphatic rings. The molecule has 112 valence electrons. The third kappa shape index (κ3) is 3.72. The lowest BCUT2D eigenvalue weighted by molar-refractivity contribution is 0.296. The number of nitrogens with two attached hydrogens (primary N) is 1. The van der Waals surface area contributed by atoms with Crippen LogP contribution in [0.3, 0.4) is 0 Å². The fourth-order valence-corrected chi connectivity index (χ4v) is 2.97. The van der Waals surface area contributed by atoms with Gasteiger partial charge in [-0.1, -0.05) is 27.2 Å². The summed E-state index contributed by atoms with van der Waals surface area (Å²) in [5.74, 6) is 0.845. The Morgan fingerprint density at radius 1 is 1.20 bits per heavy atom. The monoisotopic (exact) mass is 276 g/mol. The summed E-state index contributed by atoms with van der Waals surface area (Å²) < 4.78 is 5.69. The second-order valence-electron chi connectivity index (χ2n) is 6.93. The van der Waals surface area contributed by atoms with Crippen LogP contribution in [0.25, 0.3) is 0 Å². The van der Waals surface area contributed by atoms with E-state index >= 15 is 0 Å². The number of aromatic nitrogens is 1. The van der Waals surface area contributed by atoms with Crippen molar-refractivity contribution in [2.45, 2.75) is 64.8 Å². The maximum atomic E-state index is 6.70. The molecule has 0 saturated heterocycles. The van der Waals surface area contributed by atoms with E-state index in [0.29, 0.717) is 5.41 Å². The molecule has 1 aromatic heterocycles. The minimum Gasteiger partial charge on any atom is -0.492 e. The second kappa shape index (κ2) is 6.13. The van der Waals surface area contributed by atoms with E-state index < -0.39 is 0 Å². The fraction of sp³-hybridized carbons (Fsp3) is 0.706. The van der Waals surface area contributed by atoms with Crippen molar-refractivity contribution in [3.8, 4) is 5.75 Å². The molecule has 1 fully saturated rings. The van der Waals surface area contributed by atoms with Crippen molar-refractivity contribution in [2.24, 2.45) is 11.1 Å². The highest BCUT2D eigenvalue weighted by Crippen LogP contribution is 2.41. The van der Waals surface area contributed by atoms with Gasteiger partial charge in [0.25, 0.3) is 0 Å². The average molecular weight is 276 g/mol. The molecular weight excluding hydrogens is 248 g/mol. The predicted octanol–water partition coefficient (Wildman–Crippen LogP) is 4.01. The first-order valence-electron chi connectivity index (χ1n) is 7.82. The van der Waals surface area contributed by atoms with E-state index in [9.17, 15) is 0 Å². The Kier molecular flexibility index (Phi) is 4.69. The van der Waals surface area contributed by atoms with Gasteiger partial charge in [-0.05, 0) is 49.1 Å². The number of hydrogen-bond donors (Lipinski definition) is 1. The van der Waals surface area contributed by atoms with E-state index in [4.69, 9.17) is 10.5 Å². The minimum atomic E-state index is -0.244. The van der Waals surface area contributed by atoms with Crippen LogP contribution in [-0.4, -0.2) is 11.6 Å². The largest absolute Gasteiger partial charge is 0.492 e. The third-order valence-corrected chi connectivity index (χ3v) is 4.49. The zero-order chi connectivity index (χ0) is 14.6. The molecule has 1 unspecified atom stereocenters. The SMILES string of the molecule is CCCOc1cncc(C2(N)CCCC(C)(C)CC2)c1. The molecule has 0 spiro atoms. The van der Waals surface area contributed by atoms with E-state index in [1.54, 1.807) is 6.20 Å². The lowest BCUT2D eigenvalue weighted by Crippen LogP contribution is -2.36. The summed E-state index contributed by atoms with van der Waals surface area (Å²) in [6.45, 7) is 7.53. The number of ether oxygens (including phenoxy) is 1. The molecule has 0 amide bonds. The Balaban J connectivity index is 2.16. The summed E-state index contributed by atoms with van der Waals surface area (Å²) in [5.41, 5.74) is 8.00. The number of rotatable bonds is 4. The molecule has 1 atom stereocenters. The van der Waals surface area contributed by atoms with E-state index in [1.807, 2.05) is 6.20 Å². The summed E-state index contributed by atoms with van der Waals surface area (Å²) in [5, 5.41) is 0. The summed E-state index contributed by atoms with van der Waals surface area (Å²) >= 11 is 0. The Morgan fingerprint density at radius 2 is 2.00 bits per heavy atom. The molecule has 1 aliphatic carbocycles. The van der Waals surface area contributed by atoms with Gasteiger partial charge in [0.1, 0.15) is 5.75 Å². The lowest BCUT2D eigenvalue weighted by Gasteiger charge is -2.29. The molecule has 1 heterocycles. The van der Waals surface area contributed by atoms with Crippen LogP contribution >= 0.6 is 0 Å². The summed E-state index contributed by atoms with van der Waals surface area (Å²) in [4.78, 5) is 4.32. The minimum absolute atomic E-state index is 0.244. The van der Waals surface area contributed by atoms with Crippen LogP contribution in [0.2, 0.25) is 0 Å². The van der Waals surface area contributed by atoms with Gasteiger partial charge in [-0.2, -0.15) is 0 Å². The molecule has 3 nitrogen and oxygen atoms in total. The molecule has 1 saturated carbocycles. The van der Waals surface area contributed by atoms with Gasteiger partial charge in [-0.25, -0.2) is 0 Å². The molecule has 3 heteroatoms. The third-order valence-electron chi connectivity index (χ3n) is 4.49. The molecule has 0 bridgehead atoms. The highest BCUT2D eigenvalue weighted by Gasteiger charge is 2.34. The van der Waals surface area contributed by atoms with Gasteiger partial charge in [-0.3, -0.25) is 4.98 Å². The zero-order valence-electron chi connectivity index (χ0n) is 13.1. The van der Waals surface area contributed by atoms with Crippen molar-refractivity contribution in [3.63, 3.8) is 0 Å². The summed E-state index contributed by atoms with van der Waals surface area (Å²) in [6.07, 6.45) is 10.4. The second-order valence-corrected chi connectivity index (χ2v) is 6.93. The lowest BCUT2D eigenvalue weighted by atomic mass is 9.81. The van der Waals surface area contributed by atoms with Crippen molar-refractivity contribution < 1.29 is 4.74 Å². The van der Waals surface area contributed by atoms with Gasteiger partial charge in [-0.15, -0.1) is 0 Å². The van der Waals surface area contributed by atoms with Crippen LogP contribution in [0.5, 0.6) is 5.75 Å². The van der Waals surface area contributed by atoms with Crippen molar-refractivity contribution in [2.75, 3.05) is 6.61 Å². The van der Waals surface area contributed by atoms with Crippen LogP contribution in [-0.2, 0) is 5.54 Å². The maximum Gasteiger partial charge on any atom is 0.137 e. The zero-order valence-corrected chi connectivity index (χ0v) is 13.1. The normalized spacial score (nSPS) is 26.0. The fourth-order valence-electron chi connectivity index (χ4n) is 2.97. The number of hydrogen-bond acceptors (Lipinski definition) is 3. The maximum absolute atomic E-state index is 6.70. The van der Waals surface area contributed by atoms with E-state index in [-0.39, 0.29) is 5.54 Å². The predicted molar refractivity (Wildman–Crippen MR) is 82.8 cm³/mol. The first-order valence-corrected chi connectivity index (χ1v) is 7.82. The Bertz CT molecular complexity index is 444. The summed E-state index contributed by atoms with van der Waals surface area (Å²) in [6, 6.07) is 2.08. The number of nitrogens with zero attached hydrogens (tertiary/aromatic N) is 1. The smallest absolute Gasteiger partial charge is 0.137 e. The first-order chi connectivity index (χ1) is 9.45. The van der Waals surface area contributed by atoms with Gasteiger partial charge in [0, 0.05) is 11.7 Å². The molecule has 0 radical (unpaired) electrons. The molecule has 20 heavy (non-hydrogen) atoms. The van der Waals surface area contributed by atoms with Gasteiger partial charge >= 0.3 is 0 Å². The van der Waals surface area contributed by atoms with Crippen molar-refractivity contribution in [3.05, 3.63) is 24.0 Å². The molecule has 2 N–H and O–H groups in total. The van der Waals surface area contributed by atoms with Crippen molar-refractivity contribution in [1.29, 1.82) is 0 Å². The Hall–Kier alpha value is -1.09. The van der Waals surface area contributed by atoms with Crippen molar-refractivity contribution in [1.82, 2.24) is 4.98 Å². The van der Waals surface area contributed by atoms with E-state index in [2.05, 4.69) is 31.8 Å². The van der Waals surface area contributed by atoms with Crippen LogP contribution in [0.1, 0.15) is 64.9 Å². The topological polar surface area (TPSA) is 48.1 Å². The molecule has 0 aliphatic heterocycles. The molecule has 1 aromatic rings. The number of pyridine rings is 1. The first kappa shape index (κ1) is 15.3. The Morgan fingerprint density at radius 3 is 2.75 bits per heavy atom. The van der Waals surface area contributed by atoms with Crippen LogP contribution < -0.4 is 10.5 Å².